The van der Waals surface area contributed by atoms with E-state index in [1.54, 1.807) is 24.0 Å². The Morgan fingerprint density at radius 3 is 2.68 bits per heavy atom. The number of fused-ring (bicyclic) bond motifs is 1. The summed E-state index contributed by atoms with van der Waals surface area (Å²) >= 11 is 0. The van der Waals surface area contributed by atoms with Crippen molar-refractivity contribution in [2.24, 2.45) is 21.1 Å². The lowest BCUT2D eigenvalue weighted by atomic mass is 10.4. The van der Waals surface area contributed by atoms with Gasteiger partial charge in [0.05, 0.1) is 6.33 Å². The minimum Gasteiger partial charge on any atom is -0.401 e. The molecule has 0 saturated heterocycles. The molecule has 0 fully saturated rings. The van der Waals surface area contributed by atoms with Gasteiger partial charge in [-0.25, -0.2) is 9.78 Å². The van der Waals surface area contributed by atoms with Crippen LogP contribution in [0.15, 0.2) is 32.6 Å². The number of amides is 1. The van der Waals surface area contributed by atoms with Crippen molar-refractivity contribution in [3.63, 3.8) is 0 Å². The third kappa shape index (κ3) is 2.69. The van der Waals surface area contributed by atoms with Crippen molar-refractivity contribution >= 4 is 23.1 Å². The molecule has 28 heavy (non-hydrogen) atoms. The Hall–Kier alpha value is -4.03. The van der Waals surface area contributed by atoms with Crippen LogP contribution < -0.4 is 16.6 Å². The number of carbonyl (C=O) groups excluding carboxylic acids is 1. The Kier molecular flexibility index (Phi) is 3.91. The minimum absolute atomic E-state index is 0.0917. The van der Waals surface area contributed by atoms with E-state index in [1.807, 2.05) is 0 Å². The first-order valence-electron chi connectivity index (χ1n) is 8.09. The Labute approximate surface area is 155 Å². The zero-order chi connectivity index (χ0) is 20.0. The quantitative estimate of drug-likeness (QED) is 0.463. The van der Waals surface area contributed by atoms with E-state index >= 15 is 0 Å². The van der Waals surface area contributed by atoms with Crippen molar-refractivity contribution in [2.75, 3.05) is 5.32 Å². The van der Waals surface area contributed by atoms with Crippen LogP contribution in [-0.2, 0) is 32.5 Å². The molecule has 4 aromatic rings. The van der Waals surface area contributed by atoms with E-state index < -0.39 is 17.2 Å². The highest BCUT2D eigenvalue weighted by atomic mass is 16.4. The molecule has 0 bridgehead atoms. The molecule has 0 aliphatic rings. The summed E-state index contributed by atoms with van der Waals surface area (Å²) in [6.07, 6.45) is 2.90. The van der Waals surface area contributed by atoms with Crippen LogP contribution in [0.3, 0.4) is 0 Å². The van der Waals surface area contributed by atoms with Gasteiger partial charge in [0.25, 0.3) is 11.4 Å². The van der Waals surface area contributed by atoms with Gasteiger partial charge in [0, 0.05) is 27.3 Å². The fraction of sp³-hybridized carbons (Fsp3) is 0.267. The van der Waals surface area contributed by atoms with Crippen LogP contribution in [0.2, 0.25) is 0 Å². The normalized spacial score (nSPS) is 11.2. The Morgan fingerprint density at radius 1 is 1.18 bits per heavy atom. The molecule has 0 aliphatic carbocycles. The molecule has 13 nitrogen and oxygen atoms in total. The molecule has 4 rings (SSSR count). The third-order valence-corrected chi connectivity index (χ3v) is 4.24. The number of anilines is 1. The zero-order valence-electron chi connectivity index (χ0n) is 15.1. The van der Waals surface area contributed by atoms with Crippen LogP contribution in [0.4, 0.5) is 6.01 Å². The number of aromatic nitrogens is 8. The Balaban J connectivity index is 1.58. The molecule has 4 aromatic heterocycles. The van der Waals surface area contributed by atoms with E-state index in [0.29, 0.717) is 5.69 Å². The number of nitrogens with one attached hydrogen (secondary N) is 1. The van der Waals surface area contributed by atoms with E-state index in [1.165, 1.54) is 29.6 Å². The van der Waals surface area contributed by atoms with Crippen LogP contribution in [0.25, 0.3) is 22.7 Å². The number of nitrogens with zero attached hydrogens (tertiary/aromatic N) is 8. The first kappa shape index (κ1) is 17.4. The van der Waals surface area contributed by atoms with Crippen molar-refractivity contribution in [3.8, 4) is 11.6 Å². The Bertz CT molecular complexity index is 1320. The average molecular weight is 385 g/mol. The van der Waals surface area contributed by atoms with E-state index in [-0.39, 0.29) is 29.6 Å². The van der Waals surface area contributed by atoms with Gasteiger partial charge in [-0.05, 0) is 6.07 Å². The lowest BCUT2D eigenvalue weighted by Gasteiger charge is -2.06. The van der Waals surface area contributed by atoms with Gasteiger partial charge in [0.15, 0.2) is 11.2 Å². The second-order valence-corrected chi connectivity index (χ2v) is 6.05. The van der Waals surface area contributed by atoms with Gasteiger partial charge in [-0.15, -0.1) is 5.10 Å². The van der Waals surface area contributed by atoms with Crippen LogP contribution in [0, 0.1) is 0 Å². The maximum atomic E-state index is 12.4. The maximum absolute atomic E-state index is 12.4. The lowest BCUT2D eigenvalue weighted by Crippen LogP contribution is -2.37. The molecule has 0 aliphatic heterocycles. The summed E-state index contributed by atoms with van der Waals surface area (Å²) in [5, 5.41) is 14.1. The second kappa shape index (κ2) is 6.29. The smallest absolute Gasteiger partial charge is 0.332 e. The van der Waals surface area contributed by atoms with E-state index in [0.717, 1.165) is 4.57 Å². The first-order valence-corrected chi connectivity index (χ1v) is 8.09. The second-order valence-electron chi connectivity index (χ2n) is 6.05. The molecule has 0 saturated carbocycles. The zero-order valence-corrected chi connectivity index (χ0v) is 15.1. The number of rotatable bonds is 4. The predicted octanol–water partition coefficient (Wildman–Crippen LogP) is -1.14. The fourth-order valence-electron chi connectivity index (χ4n) is 2.79. The molecule has 0 aromatic carbocycles. The van der Waals surface area contributed by atoms with Gasteiger partial charge in [0.2, 0.25) is 5.91 Å². The van der Waals surface area contributed by atoms with Crippen LogP contribution in [-0.4, -0.2) is 44.6 Å². The molecular formula is C15H15N9O4. The summed E-state index contributed by atoms with van der Waals surface area (Å²) in [6.45, 7) is -0.229. The largest absolute Gasteiger partial charge is 0.401 e. The molecule has 13 heteroatoms. The van der Waals surface area contributed by atoms with Crippen molar-refractivity contribution in [1.29, 1.82) is 0 Å². The molecule has 1 N–H and O–H groups in total. The molecule has 0 unspecified atom stereocenters. The number of hydrogen-bond donors (Lipinski definition) is 1. The van der Waals surface area contributed by atoms with Gasteiger partial charge in [-0.3, -0.25) is 28.7 Å². The summed E-state index contributed by atoms with van der Waals surface area (Å²) in [7, 11) is 4.58. The maximum Gasteiger partial charge on any atom is 0.332 e. The van der Waals surface area contributed by atoms with Gasteiger partial charge < -0.3 is 8.98 Å². The monoisotopic (exact) mass is 385 g/mol. The van der Waals surface area contributed by atoms with Crippen LogP contribution >= 0.6 is 0 Å². The van der Waals surface area contributed by atoms with E-state index in [4.69, 9.17) is 4.42 Å². The van der Waals surface area contributed by atoms with Gasteiger partial charge >= 0.3 is 11.7 Å². The standard InChI is InChI=1S/C15H15N9O4/c1-21-11-10(13(26)22(2)15(21)27)24(7-16-11)6-9(25)18-14-20-19-12(28-14)8-4-5-17-23(8)3/h4-5,7H,6H2,1-3H3,(H,18,20,25). The summed E-state index contributed by atoms with van der Waals surface area (Å²) in [5.74, 6) is -0.303. The van der Waals surface area contributed by atoms with Crippen molar-refractivity contribution in [2.45, 2.75) is 6.54 Å². The predicted molar refractivity (Wildman–Crippen MR) is 95.3 cm³/mol. The minimum atomic E-state index is -0.542. The summed E-state index contributed by atoms with van der Waals surface area (Å²) in [6, 6.07) is 1.60. The summed E-state index contributed by atoms with van der Waals surface area (Å²) in [4.78, 5) is 40.8. The van der Waals surface area contributed by atoms with Gasteiger partial charge in [-0.1, -0.05) is 5.10 Å². The van der Waals surface area contributed by atoms with Gasteiger partial charge in [-0.2, -0.15) is 5.10 Å². The fourth-order valence-corrected chi connectivity index (χ4v) is 2.79. The van der Waals surface area contributed by atoms with Crippen LogP contribution in [0.1, 0.15) is 0 Å². The van der Waals surface area contributed by atoms with Crippen molar-refractivity contribution < 1.29 is 9.21 Å². The van der Waals surface area contributed by atoms with Gasteiger partial charge in [0.1, 0.15) is 12.2 Å². The number of hydrogen-bond acceptors (Lipinski definition) is 8. The highest BCUT2D eigenvalue weighted by molar-refractivity contribution is 5.89. The third-order valence-electron chi connectivity index (χ3n) is 4.24. The molecule has 144 valence electrons. The van der Waals surface area contributed by atoms with E-state index in [2.05, 4.69) is 25.6 Å². The van der Waals surface area contributed by atoms with E-state index in [9.17, 15) is 14.4 Å². The molecule has 0 radical (unpaired) electrons. The summed E-state index contributed by atoms with van der Waals surface area (Å²) < 4.78 is 10.5. The van der Waals surface area contributed by atoms with Crippen LogP contribution in [0.5, 0.6) is 0 Å². The topological polar surface area (TPSA) is 148 Å². The Morgan fingerprint density at radius 2 is 1.96 bits per heavy atom. The number of aryl methyl sites for hydroxylation is 2. The first-order chi connectivity index (χ1) is 13.4. The highest BCUT2D eigenvalue weighted by Gasteiger charge is 2.18. The van der Waals surface area contributed by atoms with Crippen molar-refractivity contribution in [3.05, 3.63) is 39.4 Å². The molecule has 4 heterocycles. The molecular weight excluding hydrogens is 370 g/mol. The highest BCUT2D eigenvalue weighted by Crippen LogP contribution is 2.18. The SMILES string of the molecule is Cn1nccc1-c1nnc(NC(=O)Cn2cnc3c2c(=O)n(C)c(=O)n3C)o1. The molecule has 0 atom stereocenters. The molecule has 1 amide bonds. The molecule has 0 spiro atoms. The lowest BCUT2D eigenvalue weighted by molar-refractivity contribution is -0.116. The number of carbonyl (C=O) groups is 1. The summed E-state index contributed by atoms with van der Waals surface area (Å²) in [5.41, 5.74) is -0.114. The average Bonchev–Trinajstić information content (AvgIpc) is 3.38. The van der Waals surface area contributed by atoms with Crippen molar-refractivity contribution in [1.82, 2.24) is 38.7 Å². The number of imidazole rings is 1.